The van der Waals surface area contributed by atoms with Crippen molar-refractivity contribution in [2.24, 2.45) is 5.41 Å². The number of hydrogen-bond donors (Lipinski definition) is 3. The summed E-state index contributed by atoms with van der Waals surface area (Å²) < 4.78 is 41.1. The molecule has 0 spiro atoms. The predicted molar refractivity (Wildman–Crippen MR) is 153 cm³/mol. The maximum Gasteiger partial charge on any atom is 0.416 e. The number of nitrogen functional groups attached to an aromatic ring is 1. The number of halogens is 3. The van der Waals surface area contributed by atoms with Crippen LogP contribution in [0.2, 0.25) is 0 Å². The second-order valence-corrected chi connectivity index (χ2v) is 12.2. The van der Waals surface area contributed by atoms with Crippen molar-refractivity contribution in [3.05, 3.63) is 71.9 Å². The Labute approximate surface area is 249 Å². The van der Waals surface area contributed by atoms with Gasteiger partial charge in [-0.15, -0.1) is 0 Å². The number of nitrogens with one attached hydrogen (secondary N) is 2. The average Bonchev–Trinajstić information content (AvgIpc) is 3.40. The van der Waals surface area contributed by atoms with Crippen molar-refractivity contribution in [2.45, 2.75) is 62.1 Å². The zero-order chi connectivity index (χ0) is 30.9. The number of amides is 2. The van der Waals surface area contributed by atoms with Gasteiger partial charge in [0.2, 0.25) is 5.91 Å². The Balaban J connectivity index is 1.16. The molecule has 0 radical (unpaired) electrons. The summed E-state index contributed by atoms with van der Waals surface area (Å²) in [4.78, 5) is 39.0. The van der Waals surface area contributed by atoms with Gasteiger partial charge in [0.1, 0.15) is 34.1 Å². The van der Waals surface area contributed by atoms with Gasteiger partial charge in [0.25, 0.3) is 5.91 Å². The summed E-state index contributed by atoms with van der Waals surface area (Å²) in [7, 11) is 0. The van der Waals surface area contributed by atoms with Crippen LogP contribution in [0, 0.1) is 16.7 Å². The number of nitrogens with zero attached hydrogens (tertiary/aromatic N) is 5. The number of nitrogens with two attached hydrogens (primary N) is 1. The molecule has 1 aromatic carbocycles. The van der Waals surface area contributed by atoms with Crippen LogP contribution in [0.4, 0.5) is 24.8 Å². The van der Waals surface area contributed by atoms with Crippen molar-refractivity contribution in [1.29, 1.82) is 5.26 Å². The van der Waals surface area contributed by atoms with E-state index in [-0.39, 0.29) is 34.1 Å². The van der Waals surface area contributed by atoms with Crippen molar-refractivity contribution in [1.82, 2.24) is 24.7 Å². The van der Waals surface area contributed by atoms with Gasteiger partial charge in [-0.25, -0.2) is 15.0 Å². The van der Waals surface area contributed by atoms with Gasteiger partial charge in [0.15, 0.2) is 0 Å². The molecule has 3 aromatic heterocycles. The second kappa shape index (κ2) is 9.51. The molecule has 3 aliphatic rings. The smallest absolute Gasteiger partial charge is 0.382 e. The second-order valence-electron chi connectivity index (χ2n) is 12.2. The summed E-state index contributed by atoms with van der Waals surface area (Å²) in [6.07, 6.45) is 4.97. The molecular formula is C31H27F3N8O2. The third-order valence-corrected chi connectivity index (χ3v) is 9.43. The number of alkyl halides is 3. The maximum atomic E-state index is 13.1. The number of carbonyl (C=O) groups is 2. The molecular weight excluding hydrogens is 573 g/mol. The van der Waals surface area contributed by atoms with Gasteiger partial charge < -0.3 is 16.4 Å². The minimum Gasteiger partial charge on any atom is -0.382 e. The van der Waals surface area contributed by atoms with E-state index in [4.69, 9.17) is 10.7 Å². The lowest BCUT2D eigenvalue weighted by molar-refractivity contribution is -0.137. The van der Waals surface area contributed by atoms with Crippen LogP contribution in [0.25, 0.3) is 16.8 Å². The minimum absolute atomic E-state index is 0.173. The highest BCUT2D eigenvalue weighted by Crippen LogP contribution is 2.58. The fourth-order valence-corrected chi connectivity index (χ4v) is 6.84. The number of pyridine rings is 1. The molecule has 0 unspecified atom stereocenters. The number of benzene rings is 1. The van der Waals surface area contributed by atoms with E-state index in [1.807, 2.05) is 10.6 Å². The highest BCUT2D eigenvalue weighted by Gasteiger charge is 2.60. The van der Waals surface area contributed by atoms with E-state index in [9.17, 15) is 28.0 Å². The predicted octanol–water partition coefficient (Wildman–Crippen LogP) is 5.02. The summed E-state index contributed by atoms with van der Waals surface area (Å²) in [6, 6.07) is 10.3. The van der Waals surface area contributed by atoms with Gasteiger partial charge in [-0.05, 0) is 69.2 Å². The molecule has 3 saturated carbocycles. The van der Waals surface area contributed by atoms with E-state index >= 15 is 0 Å². The Morgan fingerprint density at radius 1 is 1.00 bits per heavy atom. The highest BCUT2D eigenvalue weighted by atomic mass is 19.4. The van der Waals surface area contributed by atoms with Crippen molar-refractivity contribution < 1.29 is 22.8 Å². The van der Waals surface area contributed by atoms with Crippen molar-refractivity contribution in [3.63, 3.8) is 0 Å². The number of imidazole rings is 1. The van der Waals surface area contributed by atoms with Gasteiger partial charge in [-0.3, -0.25) is 14.0 Å². The number of carbonyl (C=O) groups excluding carboxylic acids is 2. The van der Waals surface area contributed by atoms with Crippen molar-refractivity contribution in [2.75, 3.05) is 11.1 Å². The van der Waals surface area contributed by atoms with E-state index in [1.165, 1.54) is 0 Å². The van der Waals surface area contributed by atoms with Gasteiger partial charge in [-0.2, -0.15) is 18.4 Å². The van der Waals surface area contributed by atoms with E-state index in [1.54, 1.807) is 30.5 Å². The largest absolute Gasteiger partial charge is 0.416 e. The number of nitriles is 1. The number of fused-ring (bicyclic) bond motifs is 3. The van der Waals surface area contributed by atoms with Gasteiger partial charge in [0, 0.05) is 40.7 Å². The number of rotatable bonds is 6. The molecule has 3 fully saturated rings. The summed E-state index contributed by atoms with van der Waals surface area (Å²) in [5.74, 6) is 0.114. The molecule has 0 aliphatic heterocycles. The van der Waals surface area contributed by atoms with E-state index in [2.05, 4.69) is 26.7 Å². The van der Waals surface area contributed by atoms with Crippen molar-refractivity contribution in [3.8, 4) is 17.3 Å². The quantitative estimate of drug-likeness (QED) is 0.281. The lowest BCUT2D eigenvalue weighted by atomic mass is 9.83. The normalized spacial score (nSPS) is 23.3. The molecule has 3 heterocycles. The molecule has 2 amide bonds. The van der Waals surface area contributed by atoms with Crippen LogP contribution in [0.1, 0.15) is 66.7 Å². The number of anilines is 2. The highest BCUT2D eigenvalue weighted by molar-refractivity contribution is 6.04. The minimum atomic E-state index is -4.56. The van der Waals surface area contributed by atoms with Crippen LogP contribution in [0.5, 0.6) is 0 Å². The summed E-state index contributed by atoms with van der Waals surface area (Å²) in [5, 5.41) is 15.2. The molecule has 0 saturated heterocycles. The van der Waals surface area contributed by atoms with Crippen LogP contribution >= 0.6 is 0 Å². The fourth-order valence-electron chi connectivity index (χ4n) is 6.84. The van der Waals surface area contributed by atoms with Crippen LogP contribution in [-0.2, 0) is 16.4 Å². The Kier molecular flexibility index (Phi) is 6.01. The Hall–Kier alpha value is -4.99. The van der Waals surface area contributed by atoms with E-state index < -0.39 is 23.1 Å². The van der Waals surface area contributed by atoms with E-state index in [0.717, 1.165) is 49.8 Å². The lowest BCUT2D eigenvalue weighted by Crippen LogP contribution is -2.48. The molecule has 7 rings (SSSR count). The summed E-state index contributed by atoms with van der Waals surface area (Å²) in [5.41, 5.74) is 5.99. The fraction of sp³-hybridized carbons (Fsp3) is 0.355. The number of aromatic nitrogens is 4. The van der Waals surface area contributed by atoms with Gasteiger partial charge in [0.05, 0.1) is 11.6 Å². The van der Waals surface area contributed by atoms with Crippen LogP contribution in [0.3, 0.4) is 0 Å². The third kappa shape index (κ3) is 4.44. The van der Waals surface area contributed by atoms with Crippen molar-refractivity contribution >= 4 is 29.0 Å². The first-order valence-electron chi connectivity index (χ1n) is 14.3. The first-order valence-corrected chi connectivity index (χ1v) is 14.3. The standard InChI is InChI=1S/C31H27F3N8O2/c32-31(33,34)20-5-12-37-21(15-20)39-25(43)19-3-1-18(2-4-19)22-23-24(36)38-13-14-42(23)26(40-22)28-8-10-30(16-28,11-9-28)41-27(44)29(17-35)6-7-29/h1-5,12-15H,6-11,16H2,(H2,36,38)(H,41,44)(H,37,39,43). The molecule has 0 atom stereocenters. The zero-order valence-corrected chi connectivity index (χ0v) is 23.4. The average molecular weight is 601 g/mol. The van der Waals surface area contributed by atoms with Gasteiger partial charge >= 0.3 is 6.18 Å². The Morgan fingerprint density at radius 3 is 2.39 bits per heavy atom. The maximum absolute atomic E-state index is 13.1. The zero-order valence-electron chi connectivity index (χ0n) is 23.4. The lowest BCUT2D eigenvalue weighted by Gasteiger charge is -2.29. The van der Waals surface area contributed by atoms with Gasteiger partial charge in [-0.1, -0.05) is 12.1 Å². The Bertz CT molecular complexity index is 1860. The van der Waals surface area contributed by atoms with E-state index in [0.29, 0.717) is 36.0 Å². The van der Waals surface area contributed by atoms with Crippen LogP contribution in [-0.4, -0.2) is 36.7 Å². The summed E-state index contributed by atoms with van der Waals surface area (Å²) >= 11 is 0. The SMILES string of the molecule is N#CC1(C(=O)NC23CCC(c4nc(-c5ccc(C(=O)Nc6cc(C(F)(F)F)ccn6)cc5)c5c(N)nccn45)(CC2)C3)CC1. The first-order chi connectivity index (χ1) is 21.0. The summed E-state index contributed by atoms with van der Waals surface area (Å²) in [6.45, 7) is 0. The number of hydrogen-bond acceptors (Lipinski definition) is 7. The molecule has 4 N–H and O–H groups in total. The molecule has 13 heteroatoms. The molecule has 3 aliphatic carbocycles. The first kappa shape index (κ1) is 27.8. The van der Waals surface area contributed by atoms with Crippen LogP contribution < -0.4 is 16.4 Å². The molecule has 2 bridgehead atoms. The Morgan fingerprint density at radius 2 is 1.73 bits per heavy atom. The van der Waals surface area contributed by atoms with Crippen LogP contribution in [0.15, 0.2) is 55.0 Å². The molecule has 44 heavy (non-hydrogen) atoms. The topological polar surface area (TPSA) is 151 Å². The third-order valence-electron chi connectivity index (χ3n) is 9.43. The molecule has 10 nitrogen and oxygen atoms in total. The molecule has 4 aromatic rings. The monoisotopic (exact) mass is 600 g/mol. The molecule has 224 valence electrons.